The Morgan fingerprint density at radius 1 is 1.20 bits per heavy atom. The number of hydrogen-bond donors (Lipinski definition) is 2. The molecule has 0 saturated heterocycles. The Bertz CT molecular complexity index is 508. The summed E-state index contributed by atoms with van der Waals surface area (Å²) in [5.74, 6) is -0.376. The van der Waals surface area contributed by atoms with E-state index in [1.54, 1.807) is 0 Å². The van der Waals surface area contributed by atoms with Gasteiger partial charge in [-0.25, -0.2) is 0 Å². The number of thiol groups is 1. The van der Waals surface area contributed by atoms with Gasteiger partial charge in [0, 0.05) is 6.07 Å². The van der Waals surface area contributed by atoms with E-state index in [4.69, 9.17) is 4.55 Å². The Morgan fingerprint density at radius 3 is 2.33 bits per heavy atom. The molecule has 7 nitrogen and oxygen atoms in total. The minimum atomic E-state index is -4.63. The van der Waals surface area contributed by atoms with E-state index in [0.717, 1.165) is 6.07 Å². The van der Waals surface area contributed by atoms with Crippen LogP contribution in [0.1, 0.15) is 0 Å². The largest absolute Gasteiger partial charge is 0.446 e. The Morgan fingerprint density at radius 2 is 1.80 bits per heavy atom. The van der Waals surface area contributed by atoms with E-state index in [9.17, 15) is 16.8 Å². The third-order valence-electron chi connectivity index (χ3n) is 1.19. The van der Waals surface area contributed by atoms with Crippen LogP contribution in [0, 0.1) is 0 Å². The zero-order valence-corrected chi connectivity index (χ0v) is 8.77. The topological polar surface area (TPSA) is 107 Å². The minimum Gasteiger partial charge on any atom is -0.384 e. The molecule has 1 rings (SSSR count). The zero-order valence-electron chi connectivity index (χ0n) is 7.06. The van der Waals surface area contributed by atoms with Crippen molar-refractivity contribution in [2.24, 2.45) is 0 Å². The van der Waals surface area contributed by atoms with Crippen molar-refractivity contribution in [2.75, 3.05) is 0 Å². The van der Waals surface area contributed by atoms with Crippen LogP contribution < -0.4 is 8.37 Å². The van der Waals surface area contributed by atoms with Gasteiger partial charge in [-0.05, 0) is 12.1 Å². The third kappa shape index (κ3) is 4.63. The number of benzene rings is 1. The van der Waals surface area contributed by atoms with E-state index in [2.05, 4.69) is 8.37 Å². The van der Waals surface area contributed by atoms with Gasteiger partial charge < -0.3 is 8.37 Å². The zero-order chi connectivity index (χ0) is 11.5. The maximum absolute atomic E-state index is 10.3. The summed E-state index contributed by atoms with van der Waals surface area (Å²) in [4.78, 5) is 0. The van der Waals surface area contributed by atoms with E-state index in [1.807, 2.05) is 0 Å². The maximum atomic E-state index is 10.3. The molecular weight excluding hydrogens is 248 g/mol. The van der Waals surface area contributed by atoms with Crippen LogP contribution in [0.4, 0.5) is 0 Å². The van der Waals surface area contributed by atoms with Crippen molar-refractivity contribution in [3.63, 3.8) is 0 Å². The fourth-order valence-electron chi connectivity index (χ4n) is 0.791. The first kappa shape index (κ1) is 11.8. The van der Waals surface area contributed by atoms with Crippen molar-refractivity contribution in [2.45, 2.75) is 0 Å². The van der Waals surface area contributed by atoms with Crippen LogP contribution in [0.5, 0.6) is 11.5 Å². The lowest BCUT2D eigenvalue weighted by Gasteiger charge is -2.02. The molecule has 84 valence electrons. The highest BCUT2D eigenvalue weighted by atomic mass is 32.3. The highest BCUT2D eigenvalue weighted by Crippen LogP contribution is 2.20. The van der Waals surface area contributed by atoms with Gasteiger partial charge in [0.1, 0.15) is 11.5 Å². The van der Waals surface area contributed by atoms with Crippen molar-refractivity contribution in [3.05, 3.63) is 24.3 Å². The van der Waals surface area contributed by atoms with Crippen LogP contribution >= 0.6 is 0 Å². The standard InChI is InChI=1S/C6H6O7S2/c7-14(8)12-5-2-1-3-6(4-5)13-15(9,10)11/h1-4,14H,(H,9,10,11). The summed E-state index contributed by atoms with van der Waals surface area (Å²) >= 11 is 0. The molecule has 1 N–H and O–H groups in total. The molecule has 0 heterocycles. The van der Waals surface area contributed by atoms with Gasteiger partial charge in [-0.15, -0.1) is 0 Å². The molecule has 1 aromatic carbocycles. The van der Waals surface area contributed by atoms with Gasteiger partial charge in [-0.3, -0.25) is 4.55 Å². The first-order valence-corrected chi connectivity index (χ1v) is 5.92. The van der Waals surface area contributed by atoms with Gasteiger partial charge in [-0.1, -0.05) is 6.07 Å². The SMILES string of the molecule is O=[SH](=O)Oc1cccc(OS(=O)(=O)O)c1. The number of hydrogen-bond acceptors (Lipinski definition) is 6. The van der Waals surface area contributed by atoms with Crippen molar-refractivity contribution >= 4 is 21.4 Å². The molecule has 9 heteroatoms. The van der Waals surface area contributed by atoms with Crippen LogP contribution in [0.15, 0.2) is 24.3 Å². The molecule has 0 unspecified atom stereocenters. The Balaban J connectivity index is 2.92. The second-order valence-electron chi connectivity index (χ2n) is 2.30. The van der Waals surface area contributed by atoms with E-state index in [0.29, 0.717) is 0 Å². The molecule has 1 aromatic rings. The summed E-state index contributed by atoms with van der Waals surface area (Å²) in [6.45, 7) is 0. The molecule has 0 aliphatic carbocycles. The molecule has 0 aliphatic rings. The summed E-state index contributed by atoms with van der Waals surface area (Å²) in [6.07, 6.45) is 0. The molecule has 0 amide bonds. The van der Waals surface area contributed by atoms with Crippen molar-refractivity contribution in [3.8, 4) is 11.5 Å². The maximum Gasteiger partial charge on any atom is 0.446 e. The van der Waals surface area contributed by atoms with Crippen LogP contribution in [0.2, 0.25) is 0 Å². The quantitative estimate of drug-likeness (QED) is 0.564. The summed E-state index contributed by atoms with van der Waals surface area (Å²) in [5.41, 5.74) is 0. The van der Waals surface area contributed by atoms with Gasteiger partial charge >= 0.3 is 10.4 Å². The summed E-state index contributed by atoms with van der Waals surface area (Å²) in [5, 5.41) is 0. The molecule has 0 saturated carbocycles. The van der Waals surface area contributed by atoms with E-state index >= 15 is 0 Å². The van der Waals surface area contributed by atoms with Gasteiger partial charge in [0.05, 0.1) is 0 Å². The van der Waals surface area contributed by atoms with E-state index in [-0.39, 0.29) is 11.5 Å². The van der Waals surface area contributed by atoms with Gasteiger partial charge in [0.2, 0.25) is 0 Å². The predicted octanol–water partition coefficient (Wildman–Crippen LogP) is -0.227. The van der Waals surface area contributed by atoms with Gasteiger partial charge in [0.15, 0.2) is 0 Å². The van der Waals surface area contributed by atoms with Crippen LogP contribution in [0.3, 0.4) is 0 Å². The smallest absolute Gasteiger partial charge is 0.384 e. The first-order chi connectivity index (χ1) is 6.87. The van der Waals surface area contributed by atoms with Crippen LogP contribution in [0.25, 0.3) is 0 Å². The fraction of sp³-hybridized carbons (Fsp3) is 0. The molecule has 0 aliphatic heterocycles. The minimum absolute atomic E-state index is 0.118. The second kappa shape index (κ2) is 4.47. The highest BCUT2D eigenvalue weighted by molar-refractivity contribution is 7.81. The monoisotopic (exact) mass is 254 g/mol. The van der Waals surface area contributed by atoms with Gasteiger partial charge in [-0.2, -0.15) is 16.8 Å². The summed E-state index contributed by atoms with van der Waals surface area (Å²) in [7, 11) is -7.72. The Hall–Kier alpha value is -1.32. The van der Waals surface area contributed by atoms with Crippen LogP contribution in [-0.2, 0) is 21.4 Å². The van der Waals surface area contributed by atoms with Gasteiger partial charge in [0.25, 0.3) is 11.0 Å². The van der Waals surface area contributed by atoms with Crippen LogP contribution in [-0.4, -0.2) is 21.4 Å². The molecular formula is C6H6O7S2. The third-order valence-corrected chi connectivity index (χ3v) is 1.95. The second-order valence-corrected chi connectivity index (χ2v) is 3.95. The molecule has 0 fully saturated rings. The van der Waals surface area contributed by atoms with E-state index in [1.165, 1.54) is 18.2 Å². The molecule has 0 radical (unpaired) electrons. The average molecular weight is 254 g/mol. The molecule has 0 atom stereocenters. The predicted molar refractivity (Wildman–Crippen MR) is 49.6 cm³/mol. The first-order valence-electron chi connectivity index (χ1n) is 3.46. The molecule has 0 spiro atoms. The fourth-order valence-corrected chi connectivity index (χ4v) is 1.42. The Kier molecular flexibility index (Phi) is 3.50. The number of rotatable bonds is 4. The van der Waals surface area contributed by atoms with E-state index < -0.39 is 21.4 Å². The van der Waals surface area contributed by atoms with Crippen molar-refractivity contribution < 1.29 is 29.8 Å². The Labute approximate surface area is 87.4 Å². The normalized spacial score (nSPS) is 11.3. The highest BCUT2D eigenvalue weighted by Gasteiger charge is 2.07. The lowest BCUT2D eigenvalue weighted by atomic mass is 10.3. The summed E-state index contributed by atoms with van der Waals surface area (Å²) < 4.78 is 57.6. The molecule has 0 bridgehead atoms. The lowest BCUT2D eigenvalue weighted by Crippen LogP contribution is -2.06. The molecule has 0 aromatic heterocycles. The van der Waals surface area contributed by atoms with Crippen molar-refractivity contribution in [1.82, 2.24) is 0 Å². The summed E-state index contributed by atoms with van der Waals surface area (Å²) in [6, 6.07) is 4.79. The lowest BCUT2D eigenvalue weighted by molar-refractivity contribution is 0.386. The average Bonchev–Trinajstić information content (AvgIpc) is 1.99. The van der Waals surface area contributed by atoms with Crippen molar-refractivity contribution in [1.29, 1.82) is 0 Å². The molecule has 15 heavy (non-hydrogen) atoms.